The first-order chi connectivity index (χ1) is 11.7. The molecule has 0 heterocycles. The molecule has 0 saturated carbocycles. The zero-order valence-corrected chi connectivity index (χ0v) is 12.5. The molecule has 2 N–H and O–H groups in total. The molecule has 3 nitrogen and oxygen atoms in total. The van der Waals surface area contributed by atoms with Crippen molar-refractivity contribution in [2.24, 2.45) is 0 Å². The Labute approximate surface area is 138 Å². The van der Waals surface area contributed by atoms with Crippen LogP contribution in [0.1, 0.15) is 23.1 Å². The highest BCUT2D eigenvalue weighted by Gasteiger charge is 2.33. The summed E-state index contributed by atoms with van der Waals surface area (Å²) in [6, 6.07) is 6.07. The molecule has 0 bridgehead atoms. The van der Waals surface area contributed by atoms with Crippen LogP contribution in [-0.2, 0) is 12.7 Å². The molecule has 0 aliphatic heterocycles. The molecule has 0 fully saturated rings. The lowest BCUT2D eigenvalue weighted by molar-refractivity contribution is -0.138. The lowest BCUT2D eigenvalue weighted by Crippen LogP contribution is -2.29. The second kappa shape index (κ2) is 7.45. The maximum Gasteiger partial charge on any atom is 0.416 e. The fourth-order valence-corrected chi connectivity index (χ4v) is 2.07. The molecule has 2 amide bonds. The van der Waals surface area contributed by atoms with Crippen molar-refractivity contribution >= 4 is 11.7 Å². The molecular weight excluding hydrogens is 350 g/mol. The summed E-state index contributed by atoms with van der Waals surface area (Å²) in [4.78, 5) is 11.7. The number of carbonyl (C=O) groups excluding carboxylic acids is 1. The van der Waals surface area contributed by atoms with Crippen molar-refractivity contribution in [2.75, 3.05) is 5.32 Å². The molecule has 2 aromatic carbocycles. The van der Waals surface area contributed by atoms with Gasteiger partial charge in [0.05, 0.1) is 5.56 Å². The van der Waals surface area contributed by atoms with E-state index in [0.717, 1.165) is 18.2 Å². The van der Waals surface area contributed by atoms with E-state index in [9.17, 15) is 31.1 Å². The van der Waals surface area contributed by atoms with Crippen LogP contribution >= 0.6 is 0 Å². The van der Waals surface area contributed by atoms with Gasteiger partial charge in [0.2, 0.25) is 0 Å². The number of nitrogens with one attached hydrogen (secondary N) is 2. The van der Waals surface area contributed by atoms with Gasteiger partial charge < -0.3 is 10.6 Å². The van der Waals surface area contributed by atoms with Gasteiger partial charge in [0.25, 0.3) is 6.43 Å². The van der Waals surface area contributed by atoms with Gasteiger partial charge in [-0.2, -0.15) is 13.2 Å². The number of amides is 2. The lowest BCUT2D eigenvalue weighted by Gasteiger charge is -2.14. The summed E-state index contributed by atoms with van der Waals surface area (Å²) in [5.74, 6) is -1.05. The molecule has 0 radical (unpaired) electrons. The first-order valence-corrected chi connectivity index (χ1v) is 6.95. The molecule has 9 heteroatoms. The number of benzene rings is 2. The van der Waals surface area contributed by atoms with E-state index in [1.165, 1.54) is 18.2 Å². The molecule has 0 saturated heterocycles. The lowest BCUT2D eigenvalue weighted by atomic mass is 10.1. The van der Waals surface area contributed by atoms with Crippen molar-refractivity contribution in [3.8, 4) is 0 Å². The van der Waals surface area contributed by atoms with Gasteiger partial charge in [-0.1, -0.05) is 18.2 Å². The van der Waals surface area contributed by atoms with Crippen molar-refractivity contribution in [3.05, 3.63) is 65.0 Å². The minimum Gasteiger partial charge on any atom is -0.334 e. The number of carbonyl (C=O) groups is 1. The van der Waals surface area contributed by atoms with E-state index < -0.39 is 36.6 Å². The van der Waals surface area contributed by atoms with E-state index in [1.807, 2.05) is 0 Å². The fourth-order valence-electron chi connectivity index (χ4n) is 2.07. The molecule has 2 rings (SSSR count). The molecule has 0 unspecified atom stereocenters. The summed E-state index contributed by atoms with van der Waals surface area (Å²) in [5.41, 5.74) is -1.78. The number of urea groups is 1. The minimum absolute atomic E-state index is 0.0606. The Morgan fingerprint density at radius 3 is 2.44 bits per heavy atom. The van der Waals surface area contributed by atoms with E-state index in [0.29, 0.717) is 6.07 Å². The van der Waals surface area contributed by atoms with E-state index in [2.05, 4.69) is 10.6 Å². The highest BCUT2D eigenvalue weighted by Crippen LogP contribution is 2.32. The summed E-state index contributed by atoms with van der Waals surface area (Å²) in [6.45, 7) is -0.518. The van der Waals surface area contributed by atoms with Gasteiger partial charge >= 0.3 is 12.2 Å². The Morgan fingerprint density at radius 1 is 1.08 bits per heavy atom. The Kier molecular flexibility index (Phi) is 5.55. The monoisotopic (exact) mass is 362 g/mol. The standard InChI is InChI=1S/C16H12F6N2O/c17-11-5-4-10(13(7-11)16(20,21)22)8-23-15(25)24-12-3-1-2-9(6-12)14(18)19/h1-7,14H,8H2,(H2,23,24,25). The van der Waals surface area contributed by atoms with Crippen LogP contribution in [0.5, 0.6) is 0 Å². The van der Waals surface area contributed by atoms with Crippen molar-refractivity contribution in [1.29, 1.82) is 0 Å². The van der Waals surface area contributed by atoms with E-state index in [1.54, 1.807) is 0 Å². The third kappa shape index (κ3) is 5.13. The minimum atomic E-state index is -4.78. The topological polar surface area (TPSA) is 41.1 Å². The number of halogens is 6. The Morgan fingerprint density at radius 2 is 1.80 bits per heavy atom. The van der Waals surface area contributed by atoms with E-state index in [-0.39, 0.29) is 16.8 Å². The van der Waals surface area contributed by atoms with E-state index >= 15 is 0 Å². The number of hydrogen-bond donors (Lipinski definition) is 2. The van der Waals surface area contributed by atoms with Crippen molar-refractivity contribution < 1.29 is 31.1 Å². The SMILES string of the molecule is O=C(NCc1ccc(F)cc1C(F)(F)F)Nc1cccc(C(F)F)c1. The first-order valence-electron chi connectivity index (χ1n) is 6.95. The molecule has 0 aliphatic rings. The largest absolute Gasteiger partial charge is 0.416 e. The van der Waals surface area contributed by atoms with Crippen LogP contribution in [-0.4, -0.2) is 6.03 Å². The third-order valence-electron chi connectivity index (χ3n) is 3.21. The van der Waals surface area contributed by atoms with Gasteiger partial charge in [-0.25, -0.2) is 18.0 Å². The second-order valence-electron chi connectivity index (χ2n) is 5.03. The average molecular weight is 362 g/mol. The zero-order valence-electron chi connectivity index (χ0n) is 12.5. The summed E-state index contributed by atoms with van der Waals surface area (Å²) in [7, 11) is 0. The Bertz CT molecular complexity index is 761. The second-order valence-corrected chi connectivity index (χ2v) is 5.03. The van der Waals surface area contributed by atoms with Gasteiger partial charge in [0.1, 0.15) is 5.82 Å². The van der Waals surface area contributed by atoms with Crippen LogP contribution in [0.4, 0.5) is 36.8 Å². The molecule has 134 valence electrons. The van der Waals surface area contributed by atoms with E-state index in [4.69, 9.17) is 0 Å². The summed E-state index contributed by atoms with van der Waals surface area (Å²) in [5, 5.41) is 4.41. The summed E-state index contributed by atoms with van der Waals surface area (Å²) >= 11 is 0. The number of alkyl halides is 5. The highest BCUT2D eigenvalue weighted by atomic mass is 19.4. The smallest absolute Gasteiger partial charge is 0.334 e. The zero-order chi connectivity index (χ0) is 18.6. The quantitative estimate of drug-likeness (QED) is 0.730. The van der Waals surface area contributed by atoms with Crippen LogP contribution in [0.2, 0.25) is 0 Å². The maximum absolute atomic E-state index is 13.0. The van der Waals surface area contributed by atoms with Crippen LogP contribution < -0.4 is 10.6 Å². The molecular formula is C16H12F6N2O. The van der Waals surface area contributed by atoms with Crippen LogP contribution in [0.25, 0.3) is 0 Å². The third-order valence-corrected chi connectivity index (χ3v) is 3.21. The number of anilines is 1. The van der Waals surface area contributed by atoms with Gasteiger partial charge in [-0.15, -0.1) is 0 Å². The molecule has 0 spiro atoms. The molecule has 2 aromatic rings. The Hall–Kier alpha value is -2.71. The number of hydrogen-bond acceptors (Lipinski definition) is 1. The Balaban J connectivity index is 2.05. The van der Waals surface area contributed by atoms with Gasteiger partial charge in [0, 0.05) is 17.8 Å². The van der Waals surface area contributed by atoms with Gasteiger partial charge in [-0.3, -0.25) is 0 Å². The average Bonchev–Trinajstić information content (AvgIpc) is 2.53. The van der Waals surface area contributed by atoms with Crippen molar-refractivity contribution in [1.82, 2.24) is 5.32 Å². The molecule has 0 aromatic heterocycles. The fraction of sp³-hybridized carbons (Fsp3) is 0.188. The maximum atomic E-state index is 13.0. The predicted octanol–water partition coefficient (Wildman–Crippen LogP) is 5.10. The normalized spacial score (nSPS) is 11.5. The first kappa shape index (κ1) is 18.6. The molecule has 0 aliphatic carbocycles. The van der Waals surface area contributed by atoms with Gasteiger partial charge in [0.15, 0.2) is 0 Å². The summed E-state index contributed by atoms with van der Waals surface area (Å²) < 4.78 is 76.7. The van der Waals surface area contributed by atoms with Gasteiger partial charge in [-0.05, 0) is 29.8 Å². The predicted molar refractivity (Wildman–Crippen MR) is 78.7 cm³/mol. The number of rotatable bonds is 4. The van der Waals surface area contributed by atoms with Crippen molar-refractivity contribution in [2.45, 2.75) is 19.1 Å². The van der Waals surface area contributed by atoms with Crippen LogP contribution in [0.3, 0.4) is 0 Å². The van der Waals surface area contributed by atoms with Crippen molar-refractivity contribution in [3.63, 3.8) is 0 Å². The molecule has 0 atom stereocenters. The molecule has 25 heavy (non-hydrogen) atoms. The summed E-state index contributed by atoms with van der Waals surface area (Å²) in [6.07, 6.45) is -7.50. The highest BCUT2D eigenvalue weighted by molar-refractivity contribution is 5.89. The van der Waals surface area contributed by atoms with Crippen LogP contribution in [0, 0.1) is 5.82 Å². The van der Waals surface area contributed by atoms with Crippen LogP contribution in [0.15, 0.2) is 42.5 Å².